The first-order chi connectivity index (χ1) is 10.6. The van der Waals surface area contributed by atoms with Gasteiger partial charge in [-0.2, -0.15) is 0 Å². The predicted molar refractivity (Wildman–Crippen MR) is 82.3 cm³/mol. The molecule has 22 heavy (non-hydrogen) atoms. The van der Waals surface area contributed by atoms with Crippen LogP contribution in [0.5, 0.6) is 5.75 Å². The summed E-state index contributed by atoms with van der Waals surface area (Å²) in [6.45, 7) is 3.84. The van der Waals surface area contributed by atoms with E-state index in [1.807, 2.05) is 0 Å². The Bertz CT molecular complexity index is 505. The molecule has 122 valence electrons. The standard InChI is InChI=1S/C15H22N2O5/c1-3-4-9-22-10-5-8-16-15(18)13-11-12(17(19)20)6-7-14(13)21-2/h6-7,11H,3-5,8-10H2,1-2H3,(H,16,18). The van der Waals surface area contributed by atoms with Crippen molar-refractivity contribution in [2.45, 2.75) is 26.2 Å². The Hall–Kier alpha value is -2.15. The van der Waals surface area contributed by atoms with Crippen molar-refractivity contribution in [2.75, 3.05) is 26.9 Å². The highest BCUT2D eigenvalue weighted by Gasteiger charge is 2.16. The van der Waals surface area contributed by atoms with Crippen molar-refractivity contribution >= 4 is 11.6 Å². The zero-order valence-electron chi connectivity index (χ0n) is 13.0. The van der Waals surface area contributed by atoms with Crippen LogP contribution in [0.3, 0.4) is 0 Å². The molecule has 0 saturated heterocycles. The van der Waals surface area contributed by atoms with E-state index in [-0.39, 0.29) is 11.3 Å². The van der Waals surface area contributed by atoms with Gasteiger partial charge in [-0.15, -0.1) is 0 Å². The topological polar surface area (TPSA) is 90.7 Å². The van der Waals surface area contributed by atoms with Crippen LogP contribution < -0.4 is 10.1 Å². The van der Waals surface area contributed by atoms with Gasteiger partial charge in [-0.25, -0.2) is 0 Å². The molecule has 0 bridgehead atoms. The maximum atomic E-state index is 12.1. The number of nitro groups is 1. The third kappa shape index (κ3) is 5.69. The largest absolute Gasteiger partial charge is 0.496 e. The molecule has 0 radical (unpaired) electrons. The predicted octanol–water partition coefficient (Wildman–Crippen LogP) is 2.54. The van der Waals surface area contributed by atoms with Crippen molar-refractivity contribution in [3.05, 3.63) is 33.9 Å². The number of amides is 1. The van der Waals surface area contributed by atoms with Crippen molar-refractivity contribution in [1.82, 2.24) is 5.32 Å². The number of benzene rings is 1. The first-order valence-corrected chi connectivity index (χ1v) is 7.28. The van der Waals surface area contributed by atoms with Crippen molar-refractivity contribution in [3.8, 4) is 5.75 Å². The van der Waals surface area contributed by atoms with E-state index in [1.54, 1.807) is 0 Å². The van der Waals surface area contributed by atoms with Gasteiger partial charge in [-0.1, -0.05) is 13.3 Å². The lowest BCUT2D eigenvalue weighted by Gasteiger charge is -2.09. The van der Waals surface area contributed by atoms with E-state index >= 15 is 0 Å². The van der Waals surface area contributed by atoms with Gasteiger partial charge < -0.3 is 14.8 Å². The van der Waals surface area contributed by atoms with Gasteiger partial charge in [0, 0.05) is 31.9 Å². The monoisotopic (exact) mass is 310 g/mol. The minimum Gasteiger partial charge on any atom is -0.496 e. The van der Waals surface area contributed by atoms with Crippen LogP contribution in [0, 0.1) is 10.1 Å². The van der Waals surface area contributed by atoms with Crippen LogP contribution in [0.15, 0.2) is 18.2 Å². The van der Waals surface area contributed by atoms with Gasteiger partial charge in [0.05, 0.1) is 17.6 Å². The molecule has 0 aliphatic carbocycles. The molecule has 7 heteroatoms. The second-order valence-electron chi connectivity index (χ2n) is 4.72. The summed E-state index contributed by atoms with van der Waals surface area (Å²) in [5.41, 5.74) is 0.0115. The van der Waals surface area contributed by atoms with Crippen LogP contribution in [-0.4, -0.2) is 37.7 Å². The number of ether oxygens (including phenoxy) is 2. The third-order valence-electron chi connectivity index (χ3n) is 3.03. The van der Waals surface area contributed by atoms with Gasteiger partial charge in [-0.05, 0) is 18.9 Å². The molecular formula is C15H22N2O5. The van der Waals surface area contributed by atoms with Crippen molar-refractivity contribution in [2.24, 2.45) is 0 Å². The summed E-state index contributed by atoms with van der Waals surface area (Å²) in [6, 6.07) is 3.93. The van der Waals surface area contributed by atoms with Crippen LogP contribution in [0.2, 0.25) is 0 Å². The van der Waals surface area contributed by atoms with Gasteiger partial charge in [0.25, 0.3) is 11.6 Å². The summed E-state index contributed by atoms with van der Waals surface area (Å²) >= 11 is 0. The molecule has 0 fully saturated rings. The first-order valence-electron chi connectivity index (χ1n) is 7.28. The molecule has 1 amide bonds. The van der Waals surface area contributed by atoms with Crippen LogP contribution in [-0.2, 0) is 4.74 Å². The molecule has 0 saturated carbocycles. The number of carbonyl (C=O) groups excluding carboxylic acids is 1. The Kier molecular flexibility index (Phi) is 7.91. The average Bonchev–Trinajstić information content (AvgIpc) is 2.53. The minimum atomic E-state index is -0.544. The number of rotatable bonds is 10. The summed E-state index contributed by atoms with van der Waals surface area (Å²) in [5.74, 6) is -0.0867. The van der Waals surface area contributed by atoms with Crippen LogP contribution in [0.25, 0.3) is 0 Å². The molecule has 1 aromatic carbocycles. The number of hydrogen-bond donors (Lipinski definition) is 1. The summed E-state index contributed by atoms with van der Waals surface area (Å²) in [5, 5.41) is 13.5. The number of unbranched alkanes of at least 4 members (excludes halogenated alkanes) is 1. The molecule has 0 spiro atoms. The summed E-state index contributed by atoms with van der Waals surface area (Å²) in [4.78, 5) is 22.3. The molecule has 0 heterocycles. The Morgan fingerprint density at radius 2 is 2.05 bits per heavy atom. The van der Waals surface area contributed by atoms with E-state index in [0.29, 0.717) is 25.3 Å². The summed E-state index contributed by atoms with van der Waals surface area (Å²) in [6.07, 6.45) is 2.80. The Morgan fingerprint density at radius 3 is 2.68 bits per heavy atom. The summed E-state index contributed by atoms with van der Waals surface area (Å²) in [7, 11) is 1.42. The smallest absolute Gasteiger partial charge is 0.270 e. The van der Waals surface area contributed by atoms with Gasteiger partial charge in [0.15, 0.2) is 0 Å². The lowest BCUT2D eigenvalue weighted by atomic mass is 10.1. The Morgan fingerprint density at radius 1 is 1.32 bits per heavy atom. The third-order valence-corrected chi connectivity index (χ3v) is 3.03. The quantitative estimate of drug-likeness (QED) is 0.407. The second kappa shape index (κ2) is 9.73. The van der Waals surface area contributed by atoms with E-state index in [1.165, 1.54) is 25.3 Å². The van der Waals surface area contributed by atoms with Crippen molar-refractivity contribution < 1.29 is 19.2 Å². The van der Waals surface area contributed by atoms with Crippen molar-refractivity contribution in [3.63, 3.8) is 0 Å². The zero-order valence-corrected chi connectivity index (χ0v) is 13.0. The molecular weight excluding hydrogens is 288 g/mol. The number of nitro benzene ring substituents is 1. The Balaban J connectivity index is 2.50. The van der Waals surface area contributed by atoms with E-state index in [9.17, 15) is 14.9 Å². The minimum absolute atomic E-state index is 0.145. The molecule has 0 aliphatic rings. The molecule has 0 aromatic heterocycles. The van der Waals surface area contributed by atoms with Gasteiger partial charge in [0.2, 0.25) is 0 Å². The molecule has 0 unspecified atom stereocenters. The van der Waals surface area contributed by atoms with E-state index in [0.717, 1.165) is 19.4 Å². The highest BCUT2D eigenvalue weighted by molar-refractivity contribution is 5.97. The second-order valence-corrected chi connectivity index (χ2v) is 4.72. The van der Waals surface area contributed by atoms with E-state index in [4.69, 9.17) is 9.47 Å². The number of methoxy groups -OCH3 is 1. The van der Waals surface area contributed by atoms with E-state index < -0.39 is 10.8 Å². The highest BCUT2D eigenvalue weighted by atomic mass is 16.6. The molecule has 0 atom stereocenters. The number of hydrogen-bond acceptors (Lipinski definition) is 5. The Labute approximate surface area is 129 Å². The fraction of sp³-hybridized carbons (Fsp3) is 0.533. The maximum absolute atomic E-state index is 12.1. The SMILES string of the molecule is CCCCOCCCNC(=O)c1cc([N+](=O)[O-])ccc1OC. The average molecular weight is 310 g/mol. The fourth-order valence-electron chi connectivity index (χ4n) is 1.81. The molecule has 1 aromatic rings. The van der Waals surface area contributed by atoms with Gasteiger partial charge in [-0.3, -0.25) is 14.9 Å². The van der Waals surface area contributed by atoms with Crippen LogP contribution in [0.4, 0.5) is 5.69 Å². The molecule has 1 rings (SSSR count). The number of nitrogens with zero attached hydrogens (tertiary/aromatic N) is 1. The lowest BCUT2D eigenvalue weighted by Crippen LogP contribution is -2.25. The fourth-order valence-corrected chi connectivity index (χ4v) is 1.81. The van der Waals surface area contributed by atoms with Crippen LogP contribution >= 0.6 is 0 Å². The lowest BCUT2D eigenvalue weighted by molar-refractivity contribution is -0.384. The normalized spacial score (nSPS) is 10.3. The maximum Gasteiger partial charge on any atom is 0.270 e. The molecule has 0 aliphatic heterocycles. The van der Waals surface area contributed by atoms with Crippen molar-refractivity contribution in [1.29, 1.82) is 0 Å². The van der Waals surface area contributed by atoms with Gasteiger partial charge in [0.1, 0.15) is 5.75 Å². The zero-order chi connectivity index (χ0) is 16.4. The summed E-state index contributed by atoms with van der Waals surface area (Å²) < 4.78 is 10.5. The number of nitrogens with one attached hydrogen (secondary N) is 1. The van der Waals surface area contributed by atoms with Crippen LogP contribution in [0.1, 0.15) is 36.5 Å². The highest BCUT2D eigenvalue weighted by Crippen LogP contribution is 2.23. The first kappa shape index (κ1) is 17.9. The van der Waals surface area contributed by atoms with E-state index in [2.05, 4.69) is 12.2 Å². The molecule has 7 nitrogen and oxygen atoms in total. The van der Waals surface area contributed by atoms with Gasteiger partial charge >= 0.3 is 0 Å². The number of non-ortho nitro benzene ring substituents is 1. The number of carbonyl (C=O) groups is 1. The molecule has 1 N–H and O–H groups in total.